The number of amides is 3. The normalized spacial score (nSPS) is 17.2. The quantitative estimate of drug-likeness (QED) is 0.631. The van der Waals surface area contributed by atoms with Gasteiger partial charge in [-0.2, -0.15) is 4.31 Å². The summed E-state index contributed by atoms with van der Waals surface area (Å²) in [5.41, 5.74) is 3.50. The van der Waals surface area contributed by atoms with Crippen molar-refractivity contribution in [3.63, 3.8) is 0 Å². The van der Waals surface area contributed by atoms with Gasteiger partial charge in [0, 0.05) is 7.05 Å². The molecule has 0 bridgehead atoms. The lowest BCUT2D eigenvalue weighted by molar-refractivity contribution is -0.917. The number of hydrogen-bond donors (Lipinski definition) is 3. The Hall–Kier alpha value is -1.97. The Kier molecular flexibility index (Phi) is 6.84. The number of hydrogen-bond acceptors (Lipinski definition) is 4. The number of benzene rings is 1. The highest BCUT2D eigenvalue weighted by atomic mass is 32.2. The number of quaternary nitrogens is 1. The van der Waals surface area contributed by atoms with E-state index in [-0.39, 0.29) is 5.91 Å². The van der Waals surface area contributed by atoms with E-state index < -0.39 is 22.1 Å². The summed E-state index contributed by atoms with van der Waals surface area (Å²) in [4.78, 5) is 24.8. The number of rotatable bonds is 4. The monoisotopic (exact) mass is 411 g/mol. The van der Waals surface area contributed by atoms with Crippen LogP contribution in [0.25, 0.3) is 0 Å². The van der Waals surface area contributed by atoms with Gasteiger partial charge in [0.15, 0.2) is 6.04 Å². The predicted octanol–water partition coefficient (Wildman–Crippen LogP) is -0.346. The van der Waals surface area contributed by atoms with Crippen LogP contribution in [-0.4, -0.2) is 63.9 Å². The fourth-order valence-electron chi connectivity index (χ4n) is 3.61. The summed E-state index contributed by atoms with van der Waals surface area (Å²) in [5.74, 6) is -0.369. The molecule has 0 unspecified atom stereocenters. The summed E-state index contributed by atoms with van der Waals surface area (Å²) in [6.45, 7) is 11.0. The van der Waals surface area contributed by atoms with E-state index >= 15 is 0 Å². The van der Waals surface area contributed by atoms with Crippen LogP contribution in [0.4, 0.5) is 4.79 Å². The minimum atomic E-state index is -3.61. The van der Waals surface area contributed by atoms with E-state index in [1.54, 1.807) is 6.92 Å². The number of carbonyl (C=O) groups excluding carboxylic acids is 2. The summed E-state index contributed by atoms with van der Waals surface area (Å²) in [7, 11) is -2.16. The topological polar surface area (TPSA) is 100 Å². The lowest BCUT2D eigenvalue weighted by Crippen LogP contribution is -3.19. The molecular formula is C19H31N4O4S+. The SMILES string of the molecule is CNC(=O)NC(=O)[C@@H](C)[NH+]1CCN(S(=O)(=O)c2c(C)c(C)cc(C)c2C)CC1. The molecule has 1 atom stereocenters. The molecule has 156 valence electrons. The van der Waals surface area contributed by atoms with Crippen molar-refractivity contribution in [3.05, 3.63) is 28.3 Å². The number of imide groups is 1. The van der Waals surface area contributed by atoms with Crippen molar-refractivity contribution < 1.29 is 22.9 Å². The Balaban J connectivity index is 2.15. The molecule has 2 rings (SSSR count). The second-order valence-electron chi connectivity index (χ2n) is 7.44. The number of aryl methyl sites for hydroxylation is 2. The van der Waals surface area contributed by atoms with Crippen molar-refractivity contribution in [1.29, 1.82) is 0 Å². The van der Waals surface area contributed by atoms with Gasteiger partial charge in [0.1, 0.15) is 0 Å². The van der Waals surface area contributed by atoms with Gasteiger partial charge < -0.3 is 10.2 Å². The van der Waals surface area contributed by atoms with E-state index in [4.69, 9.17) is 0 Å². The van der Waals surface area contributed by atoms with Gasteiger partial charge in [-0.1, -0.05) is 6.07 Å². The van der Waals surface area contributed by atoms with Gasteiger partial charge in [0.05, 0.1) is 31.1 Å². The summed E-state index contributed by atoms with van der Waals surface area (Å²) >= 11 is 0. The molecule has 1 saturated heterocycles. The molecule has 8 nitrogen and oxygen atoms in total. The standard InChI is InChI=1S/C19H30N4O4S/c1-12-11-13(2)15(4)17(14(12)3)28(26,27)23-9-7-22(8-10-23)16(5)18(24)21-19(25)20-6/h11,16H,7-10H2,1-6H3,(H2,20,21,24,25)/p+1/t16-/m1/s1. The van der Waals surface area contributed by atoms with E-state index in [0.29, 0.717) is 31.1 Å². The van der Waals surface area contributed by atoms with E-state index in [2.05, 4.69) is 10.6 Å². The molecule has 0 aromatic heterocycles. The van der Waals surface area contributed by atoms with Crippen LogP contribution in [0.1, 0.15) is 29.2 Å². The fourth-order valence-corrected chi connectivity index (χ4v) is 5.63. The average Bonchev–Trinajstić information content (AvgIpc) is 2.65. The third-order valence-corrected chi connectivity index (χ3v) is 7.90. The first-order valence-electron chi connectivity index (χ1n) is 9.45. The Bertz CT molecular complexity index is 848. The van der Waals surface area contributed by atoms with Gasteiger partial charge in [0.2, 0.25) is 10.0 Å². The van der Waals surface area contributed by atoms with Crippen LogP contribution in [0.2, 0.25) is 0 Å². The molecule has 1 aliphatic heterocycles. The largest absolute Gasteiger partial charge is 0.341 e. The van der Waals surface area contributed by atoms with E-state index in [9.17, 15) is 18.0 Å². The smallest absolute Gasteiger partial charge is 0.321 e. The van der Waals surface area contributed by atoms with Crippen LogP contribution < -0.4 is 15.5 Å². The first-order chi connectivity index (χ1) is 13.0. The Morgan fingerprint density at radius 1 is 1.07 bits per heavy atom. The third kappa shape index (κ3) is 4.37. The molecule has 0 saturated carbocycles. The molecule has 1 aromatic carbocycles. The van der Waals surface area contributed by atoms with Crippen molar-refractivity contribution in [2.75, 3.05) is 33.2 Å². The number of sulfonamides is 1. The molecule has 0 aliphatic carbocycles. The molecular weight excluding hydrogens is 380 g/mol. The van der Waals surface area contributed by atoms with Crippen molar-refractivity contribution in [3.8, 4) is 0 Å². The van der Waals surface area contributed by atoms with Gasteiger partial charge in [-0.3, -0.25) is 10.1 Å². The zero-order chi connectivity index (χ0) is 21.2. The van der Waals surface area contributed by atoms with Crippen LogP contribution in [0.3, 0.4) is 0 Å². The van der Waals surface area contributed by atoms with Gasteiger partial charge in [-0.05, 0) is 56.9 Å². The van der Waals surface area contributed by atoms with Crippen molar-refractivity contribution >= 4 is 22.0 Å². The molecule has 3 N–H and O–H groups in total. The van der Waals surface area contributed by atoms with E-state index in [1.165, 1.54) is 11.4 Å². The molecule has 9 heteroatoms. The lowest BCUT2D eigenvalue weighted by Gasteiger charge is -2.34. The molecule has 3 amide bonds. The molecule has 0 spiro atoms. The number of carbonyl (C=O) groups is 2. The second kappa shape index (κ2) is 8.59. The van der Waals surface area contributed by atoms with Gasteiger partial charge in [0.25, 0.3) is 5.91 Å². The first kappa shape index (κ1) is 22.3. The highest BCUT2D eigenvalue weighted by Crippen LogP contribution is 2.28. The Labute approximate surface area is 167 Å². The molecule has 1 aromatic rings. The maximum Gasteiger partial charge on any atom is 0.321 e. The van der Waals surface area contributed by atoms with Crippen molar-refractivity contribution in [2.45, 2.75) is 45.6 Å². The predicted molar refractivity (Wildman–Crippen MR) is 107 cm³/mol. The van der Waals surface area contributed by atoms with E-state index in [1.807, 2.05) is 33.8 Å². The Morgan fingerprint density at radius 2 is 1.57 bits per heavy atom. The van der Waals surface area contributed by atoms with Gasteiger partial charge in [-0.25, -0.2) is 13.2 Å². The maximum atomic E-state index is 13.3. The molecule has 0 radical (unpaired) electrons. The Morgan fingerprint density at radius 3 is 2.04 bits per heavy atom. The van der Waals surface area contributed by atoms with Gasteiger partial charge in [-0.15, -0.1) is 0 Å². The number of nitrogens with zero attached hydrogens (tertiary/aromatic N) is 1. The molecule has 1 aliphatic rings. The molecule has 1 heterocycles. The number of piperazine rings is 1. The third-order valence-electron chi connectivity index (χ3n) is 5.73. The minimum Gasteiger partial charge on any atom is -0.341 e. The van der Waals surface area contributed by atoms with Gasteiger partial charge >= 0.3 is 6.03 Å². The summed E-state index contributed by atoms with van der Waals surface area (Å²) in [5, 5.41) is 4.63. The van der Waals surface area contributed by atoms with Crippen molar-refractivity contribution in [1.82, 2.24) is 14.9 Å². The highest BCUT2D eigenvalue weighted by molar-refractivity contribution is 7.89. The second-order valence-corrected chi connectivity index (χ2v) is 9.32. The summed E-state index contributed by atoms with van der Waals surface area (Å²) in [6.07, 6.45) is 0. The van der Waals surface area contributed by atoms with Crippen LogP contribution >= 0.6 is 0 Å². The van der Waals surface area contributed by atoms with Crippen LogP contribution in [-0.2, 0) is 14.8 Å². The summed E-state index contributed by atoms with van der Waals surface area (Å²) < 4.78 is 28.1. The molecule has 28 heavy (non-hydrogen) atoms. The fraction of sp³-hybridized carbons (Fsp3) is 0.579. The number of nitrogens with one attached hydrogen (secondary N) is 3. The zero-order valence-electron chi connectivity index (χ0n) is 17.5. The maximum absolute atomic E-state index is 13.3. The van der Waals surface area contributed by atoms with E-state index in [0.717, 1.165) is 27.2 Å². The number of urea groups is 1. The van der Waals surface area contributed by atoms with Crippen LogP contribution in [0.5, 0.6) is 0 Å². The summed E-state index contributed by atoms with van der Waals surface area (Å²) in [6, 6.07) is 1.03. The zero-order valence-corrected chi connectivity index (χ0v) is 18.3. The first-order valence-corrected chi connectivity index (χ1v) is 10.9. The van der Waals surface area contributed by atoms with Crippen molar-refractivity contribution in [2.24, 2.45) is 0 Å². The average molecular weight is 412 g/mol. The van der Waals surface area contributed by atoms with Crippen LogP contribution in [0, 0.1) is 27.7 Å². The van der Waals surface area contributed by atoms with Crippen LogP contribution in [0.15, 0.2) is 11.0 Å². The lowest BCUT2D eigenvalue weighted by atomic mass is 10.0. The highest BCUT2D eigenvalue weighted by Gasteiger charge is 2.36. The minimum absolute atomic E-state index is 0.334. The molecule has 1 fully saturated rings.